The molecule has 356 valence electrons. The zero-order chi connectivity index (χ0) is 48.0. The number of carbonyl (C=O) groups is 1. The number of piperidine rings is 1. The van der Waals surface area contributed by atoms with Crippen molar-refractivity contribution in [2.75, 3.05) is 62.9 Å². The third kappa shape index (κ3) is 11.7. The molecular formula is C49H52ClF3N4O7S3. The number of sulfone groups is 1. The van der Waals surface area contributed by atoms with Gasteiger partial charge in [-0.15, -0.1) is 11.8 Å². The van der Waals surface area contributed by atoms with Gasteiger partial charge in [0, 0.05) is 60.2 Å². The molecule has 0 bridgehead atoms. The van der Waals surface area contributed by atoms with E-state index in [0.29, 0.717) is 75.3 Å². The number of benzene rings is 5. The highest BCUT2D eigenvalue weighted by atomic mass is 35.5. The number of nitrogens with one attached hydrogen (secondary N) is 2. The minimum Gasteiger partial charge on any atom is -0.388 e. The van der Waals surface area contributed by atoms with Gasteiger partial charge in [-0.05, 0) is 128 Å². The van der Waals surface area contributed by atoms with Gasteiger partial charge in [0.25, 0.3) is 25.8 Å². The van der Waals surface area contributed by atoms with Gasteiger partial charge in [0.15, 0.2) is 0 Å². The minimum absolute atomic E-state index is 0.0210. The highest BCUT2D eigenvalue weighted by molar-refractivity contribution is 7.99. The van der Waals surface area contributed by atoms with Crippen LogP contribution in [0.3, 0.4) is 0 Å². The average Bonchev–Trinajstić information content (AvgIpc) is 3.31. The van der Waals surface area contributed by atoms with Crippen LogP contribution in [0.4, 0.5) is 24.5 Å². The summed E-state index contributed by atoms with van der Waals surface area (Å²) in [6.07, 6.45) is 3.36. The number of aliphatic hydroxyl groups is 1. The van der Waals surface area contributed by atoms with E-state index < -0.39 is 58.4 Å². The standard InChI is InChI=1S/C49H52ClF3N4O7S3/c1-56(30-31-64-2)29-26-48(25-22-37(48)33-65-40-8-4-3-5-9-40)54-44-21-20-41(32-45(44)66(60,61)49(51,52)53)67(62,63)55-47(59)36-14-18-39(19-15-36)57-27-23-35(24-28-57)46(58)43-11-7-6-10-42(43)34-12-16-38(50)17-13-34/h3-22,32,35,46,54,58H,23-31,33H2,1-2H3,(H,55,59)/t46-,48+/m1/s1. The fourth-order valence-electron chi connectivity index (χ4n) is 8.38. The first-order chi connectivity index (χ1) is 31.9. The predicted octanol–water partition coefficient (Wildman–Crippen LogP) is 9.61. The summed E-state index contributed by atoms with van der Waals surface area (Å²) in [6.45, 7) is 2.72. The highest BCUT2D eigenvalue weighted by Gasteiger charge is 2.49. The van der Waals surface area contributed by atoms with E-state index in [1.807, 2.05) is 102 Å². The molecule has 0 spiro atoms. The molecule has 2 atom stereocenters. The van der Waals surface area contributed by atoms with Gasteiger partial charge >= 0.3 is 5.51 Å². The quantitative estimate of drug-likeness (QED) is 0.0537. The molecule has 0 aromatic heterocycles. The van der Waals surface area contributed by atoms with E-state index in [9.17, 15) is 39.9 Å². The summed E-state index contributed by atoms with van der Waals surface area (Å²) < 4.78 is 104. The molecule has 7 rings (SSSR count). The Labute approximate surface area is 399 Å². The number of amides is 1. The van der Waals surface area contributed by atoms with Crippen LogP contribution in [0.2, 0.25) is 5.02 Å². The predicted molar refractivity (Wildman–Crippen MR) is 258 cm³/mol. The van der Waals surface area contributed by atoms with Gasteiger partial charge in [0.2, 0.25) is 0 Å². The van der Waals surface area contributed by atoms with Crippen LogP contribution in [-0.2, 0) is 24.6 Å². The second-order valence-corrected chi connectivity index (χ2v) is 21.8. The molecule has 5 aromatic rings. The maximum absolute atomic E-state index is 14.3. The molecule has 5 aromatic carbocycles. The van der Waals surface area contributed by atoms with E-state index >= 15 is 0 Å². The van der Waals surface area contributed by atoms with Crippen LogP contribution in [0, 0.1) is 5.92 Å². The molecule has 0 unspecified atom stereocenters. The van der Waals surface area contributed by atoms with Gasteiger partial charge < -0.3 is 25.0 Å². The van der Waals surface area contributed by atoms with E-state index in [2.05, 4.69) is 10.2 Å². The second-order valence-electron chi connectivity index (χ2n) is 16.7. The maximum atomic E-state index is 14.3. The summed E-state index contributed by atoms with van der Waals surface area (Å²) >= 11 is 7.63. The van der Waals surface area contributed by atoms with Crippen LogP contribution in [0.1, 0.15) is 47.7 Å². The third-order valence-corrected chi connectivity index (χ3v) is 16.6. The van der Waals surface area contributed by atoms with Crippen LogP contribution in [-0.4, -0.2) is 96.5 Å². The van der Waals surface area contributed by atoms with E-state index in [-0.39, 0.29) is 11.5 Å². The molecule has 0 saturated carbocycles. The first kappa shape index (κ1) is 50.0. The highest BCUT2D eigenvalue weighted by Crippen LogP contribution is 2.45. The molecule has 0 radical (unpaired) electrons. The zero-order valence-electron chi connectivity index (χ0n) is 36.9. The molecule has 2 aliphatic rings. The van der Waals surface area contributed by atoms with Crippen molar-refractivity contribution in [2.45, 2.75) is 57.5 Å². The lowest BCUT2D eigenvalue weighted by molar-refractivity contribution is -0.0436. The number of thioether (sulfide) groups is 1. The average molecular weight is 998 g/mol. The first-order valence-corrected chi connectivity index (χ1v) is 26.0. The maximum Gasteiger partial charge on any atom is 0.501 e. The number of hydrogen-bond acceptors (Lipinski definition) is 11. The second kappa shape index (κ2) is 21.2. The number of sulfonamides is 1. The molecule has 11 nitrogen and oxygen atoms in total. The number of likely N-dealkylation sites (N-methyl/N-ethyl adjacent to an activating group) is 1. The van der Waals surface area contributed by atoms with Gasteiger partial charge in [-0.3, -0.25) is 4.79 Å². The van der Waals surface area contributed by atoms with Crippen molar-refractivity contribution in [1.82, 2.24) is 9.62 Å². The Balaban J connectivity index is 1.05. The van der Waals surface area contributed by atoms with Gasteiger partial charge in [-0.1, -0.05) is 72.3 Å². The molecular weight excluding hydrogens is 945 g/mol. The van der Waals surface area contributed by atoms with Crippen LogP contribution in [0.5, 0.6) is 0 Å². The van der Waals surface area contributed by atoms with E-state index in [1.165, 1.54) is 23.9 Å². The molecule has 1 heterocycles. The largest absolute Gasteiger partial charge is 0.501 e. The lowest BCUT2D eigenvalue weighted by Gasteiger charge is -2.45. The number of hydrogen-bond donors (Lipinski definition) is 3. The first-order valence-electron chi connectivity index (χ1n) is 21.6. The van der Waals surface area contributed by atoms with Crippen LogP contribution < -0.4 is 14.9 Å². The van der Waals surface area contributed by atoms with Gasteiger partial charge in [0.05, 0.1) is 28.8 Å². The van der Waals surface area contributed by atoms with E-state index in [1.54, 1.807) is 19.2 Å². The lowest BCUT2D eigenvalue weighted by Crippen LogP contribution is -2.49. The molecule has 1 aliphatic heterocycles. The monoisotopic (exact) mass is 996 g/mol. The number of rotatable bonds is 19. The Bertz CT molecular complexity index is 2780. The van der Waals surface area contributed by atoms with Crippen molar-refractivity contribution in [3.05, 3.63) is 149 Å². The SMILES string of the molecule is COCCN(C)CC[C@@]1(Nc2ccc(S(=O)(=O)NC(=O)c3ccc(N4CCC([C@@H](O)c5ccccc5-c5ccc(Cl)cc5)CC4)cc3)cc2S(=O)(=O)C(F)(F)F)CC=C1CSc1ccccc1. The molecule has 18 heteroatoms. The smallest absolute Gasteiger partial charge is 0.388 e. The molecule has 1 amide bonds. The van der Waals surface area contributed by atoms with Crippen molar-refractivity contribution >= 4 is 60.5 Å². The Morgan fingerprint density at radius 1 is 0.925 bits per heavy atom. The third-order valence-electron chi connectivity index (χ3n) is 12.4. The Morgan fingerprint density at radius 2 is 1.60 bits per heavy atom. The topological polar surface area (TPSA) is 145 Å². The number of nitrogens with zero attached hydrogens (tertiary/aromatic N) is 2. The molecule has 1 aliphatic carbocycles. The number of methoxy groups -OCH3 is 1. The van der Waals surface area contributed by atoms with Crippen molar-refractivity contribution in [1.29, 1.82) is 0 Å². The molecule has 3 N–H and O–H groups in total. The number of anilines is 2. The number of ether oxygens (including phenoxy) is 1. The number of carbonyl (C=O) groups excluding carboxylic acids is 1. The van der Waals surface area contributed by atoms with Crippen LogP contribution in [0.25, 0.3) is 11.1 Å². The summed E-state index contributed by atoms with van der Waals surface area (Å²) in [5.41, 5.74) is -2.88. The van der Waals surface area contributed by atoms with Crippen molar-refractivity contribution < 1.29 is 44.6 Å². The van der Waals surface area contributed by atoms with Gasteiger partial charge in [-0.2, -0.15) is 13.2 Å². The Morgan fingerprint density at radius 3 is 2.24 bits per heavy atom. The minimum atomic E-state index is -6.11. The van der Waals surface area contributed by atoms with Crippen molar-refractivity contribution in [2.24, 2.45) is 5.92 Å². The Hall–Kier alpha value is -4.88. The number of alkyl halides is 3. The fourth-order valence-corrected chi connectivity index (χ4v) is 11.6. The summed E-state index contributed by atoms with van der Waals surface area (Å²) in [4.78, 5) is 16.3. The fraction of sp³-hybridized carbons (Fsp3) is 0.327. The summed E-state index contributed by atoms with van der Waals surface area (Å²) in [6, 6.07) is 33.3. The lowest BCUT2D eigenvalue weighted by atomic mass is 9.74. The van der Waals surface area contributed by atoms with Gasteiger partial charge in [0.1, 0.15) is 4.90 Å². The molecule has 1 saturated heterocycles. The van der Waals surface area contributed by atoms with Crippen LogP contribution >= 0.6 is 23.4 Å². The molecule has 67 heavy (non-hydrogen) atoms. The van der Waals surface area contributed by atoms with E-state index in [4.69, 9.17) is 16.3 Å². The number of aliphatic hydroxyl groups excluding tert-OH is 1. The number of halogens is 4. The van der Waals surface area contributed by atoms with E-state index in [0.717, 1.165) is 45.0 Å². The molecule has 1 fully saturated rings. The van der Waals surface area contributed by atoms with Gasteiger partial charge in [-0.25, -0.2) is 21.6 Å². The normalized spacial score (nSPS) is 17.4. The summed E-state index contributed by atoms with van der Waals surface area (Å²) in [5, 5.41) is 15.3. The Kier molecular flexibility index (Phi) is 15.8. The van der Waals surface area contributed by atoms with Crippen LogP contribution in [0.15, 0.2) is 148 Å². The zero-order valence-corrected chi connectivity index (χ0v) is 40.1. The summed E-state index contributed by atoms with van der Waals surface area (Å²) in [7, 11) is -7.55. The van der Waals surface area contributed by atoms with Crippen molar-refractivity contribution in [3.8, 4) is 11.1 Å². The van der Waals surface area contributed by atoms with Crippen molar-refractivity contribution in [3.63, 3.8) is 0 Å². The summed E-state index contributed by atoms with van der Waals surface area (Å²) in [5.74, 6) is -0.622.